The van der Waals surface area contributed by atoms with Crippen LogP contribution in [0.15, 0.2) is 85.1 Å². The van der Waals surface area contributed by atoms with Gasteiger partial charge >= 0.3 is 0 Å². The first-order valence-electron chi connectivity index (χ1n) is 9.58. The second kappa shape index (κ2) is 7.25. The van der Waals surface area contributed by atoms with Crippen LogP contribution in [0.3, 0.4) is 0 Å². The number of aromatic nitrogens is 2. The summed E-state index contributed by atoms with van der Waals surface area (Å²) in [5.41, 5.74) is 12.3. The van der Waals surface area contributed by atoms with Crippen molar-refractivity contribution in [1.29, 1.82) is 0 Å². The minimum absolute atomic E-state index is 0.119. The molecule has 0 atom stereocenters. The van der Waals surface area contributed by atoms with Gasteiger partial charge in [-0.15, -0.1) is 0 Å². The molecule has 1 aliphatic rings. The molecule has 30 heavy (non-hydrogen) atoms. The molecule has 0 radical (unpaired) electrons. The predicted molar refractivity (Wildman–Crippen MR) is 120 cm³/mol. The number of hydrogen-bond donors (Lipinski definition) is 4. The molecule has 6 nitrogen and oxygen atoms in total. The normalized spacial score (nSPS) is 14.2. The quantitative estimate of drug-likeness (QED) is 0.381. The summed E-state index contributed by atoms with van der Waals surface area (Å²) in [7, 11) is 0. The van der Waals surface area contributed by atoms with E-state index in [0.717, 1.165) is 39.5 Å². The summed E-state index contributed by atoms with van der Waals surface area (Å²) in [4.78, 5) is 20.0. The molecule has 0 bridgehead atoms. The van der Waals surface area contributed by atoms with E-state index in [1.54, 1.807) is 6.20 Å². The number of benzene rings is 3. The van der Waals surface area contributed by atoms with Crippen LogP contribution in [0.4, 0.5) is 17.3 Å². The first kappa shape index (κ1) is 17.8. The van der Waals surface area contributed by atoms with Gasteiger partial charge in [-0.1, -0.05) is 60.7 Å². The van der Waals surface area contributed by atoms with Crippen LogP contribution in [0.25, 0.3) is 22.5 Å². The molecule has 0 spiro atoms. The van der Waals surface area contributed by atoms with Crippen LogP contribution in [-0.2, 0) is 4.79 Å². The van der Waals surface area contributed by atoms with Gasteiger partial charge in [-0.3, -0.25) is 4.79 Å². The molecule has 0 aliphatic carbocycles. The first-order chi connectivity index (χ1) is 14.7. The third-order valence-electron chi connectivity index (χ3n) is 5.03. The molecule has 5 rings (SSSR count). The molecule has 1 aliphatic heterocycles. The van der Waals surface area contributed by atoms with Crippen LogP contribution in [0, 0.1) is 0 Å². The Balaban J connectivity index is 1.57. The van der Waals surface area contributed by atoms with E-state index in [1.165, 1.54) is 0 Å². The van der Waals surface area contributed by atoms with Gasteiger partial charge in [0.25, 0.3) is 5.91 Å². The summed E-state index contributed by atoms with van der Waals surface area (Å²) < 4.78 is 0. The van der Waals surface area contributed by atoms with Crippen molar-refractivity contribution < 1.29 is 4.79 Å². The summed E-state index contributed by atoms with van der Waals surface area (Å²) in [6, 6.07) is 25.4. The van der Waals surface area contributed by atoms with Crippen LogP contribution >= 0.6 is 0 Å². The largest absolute Gasteiger partial charge is 0.369 e. The third-order valence-corrected chi connectivity index (χ3v) is 5.03. The fraction of sp³-hybridized carbons (Fsp3) is 0. The number of nitrogens with zero attached hydrogens (tertiary/aromatic N) is 1. The van der Waals surface area contributed by atoms with E-state index >= 15 is 0 Å². The number of para-hydroxylation sites is 1. The number of aromatic amines is 1. The Morgan fingerprint density at radius 1 is 0.900 bits per heavy atom. The first-order valence-corrected chi connectivity index (χ1v) is 9.58. The molecule has 1 amide bonds. The molecule has 0 saturated heterocycles. The van der Waals surface area contributed by atoms with Crippen molar-refractivity contribution in [3.05, 3.63) is 96.2 Å². The zero-order chi connectivity index (χ0) is 20.5. The van der Waals surface area contributed by atoms with E-state index < -0.39 is 0 Å². The van der Waals surface area contributed by atoms with Gasteiger partial charge in [-0.2, -0.15) is 0 Å². The van der Waals surface area contributed by atoms with Crippen LogP contribution in [0.1, 0.15) is 11.1 Å². The molecule has 0 fully saturated rings. The number of carbonyl (C=O) groups excluding carboxylic acids is 1. The van der Waals surface area contributed by atoms with Gasteiger partial charge in [-0.05, 0) is 23.8 Å². The van der Waals surface area contributed by atoms with E-state index in [2.05, 4.69) is 20.6 Å². The lowest BCUT2D eigenvalue weighted by Crippen LogP contribution is -2.10. The Kier molecular flexibility index (Phi) is 4.29. The Bertz CT molecular complexity index is 1260. The Morgan fingerprint density at radius 2 is 1.63 bits per heavy atom. The average molecular weight is 393 g/mol. The average Bonchev–Trinajstić information content (AvgIpc) is 3.35. The highest BCUT2D eigenvalue weighted by molar-refractivity contribution is 6.37. The lowest BCUT2D eigenvalue weighted by molar-refractivity contribution is -0.110. The van der Waals surface area contributed by atoms with E-state index in [9.17, 15) is 4.79 Å². The smallest absolute Gasteiger partial charge is 0.258 e. The van der Waals surface area contributed by atoms with Crippen molar-refractivity contribution in [3.63, 3.8) is 0 Å². The molecule has 5 N–H and O–H groups in total. The van der Waals surface area contributed by atoms with Gasteiger partial charge in [0.1, 0.15) is 0 Å². The number of carbonyl (C=O) groups is 1. The number of rotatable bonds is 4. The zero-order valence-electron chi connectivity index (χ0n) is 16.0. The van der Waals surface area contributed by atoms with Crippen molar-refractivity contribution in [2.24, 2.45) is 0 Å². The maximum absolute atomic E-state index is 12.8. The number of amides is 1. The van der Waals surface area contributed by atoms with Gasteiger partial charge in [0.05, 0.1) is 17.0 Å². The molecule has 6 heteroatoms. The van der Waals surface area contributed by atoms with Crippen molar-refractivity contribution >= 4 is 34.5 Å². The second-order valence-corrected chi connectivity index (χ2v) is 6.99. The molecule has 4 aromatic rings. The monoisotopic (exact) mass is 393 g/mol. The number of hydrogen-bond acceptors (Lipinski definition) is 4. The van der Waals surface area contributed by atoms with E-state index in [0.29, 0.717) is 11.5 Å². The zero-order valence-corrected chi connectivity index (χ0v) is 16.0. The van der Waals surface area contributed by atoms with Gasteiger partial charge in [0.15, 0.2) is 5.95 Å². The molecule has 0 unspecified atom stereocenters. The highest BCUT2D eigenvalue weighted by Crippen LogP contribution is 2.37. The SMILES string of the molecule is Nc1nc(-c2ccc(NC(=C3C(=O)Nc4ccccc43)c3ccccc3)cc2)c[nH]1. The number of anilines is 3. The van der Waals surface area contributed by atoms with Gasteiger partial charge in [-0.25, -0.2) is 4.98 Å². The highest BCUT2D eigenvalue weighted by Gasteiger charge is 2.28. The number of fused-ring (bicyclic) bond motifs is 1. The van der Waals surface area contributed by atoms with Crippen LogP contribution in [0.2, 0.25) is 0 Å². The molecule has 1 aromatic heterocycles. The van der Waals surface area contributed by atoms with Crippen LogP contribution in [-0.4, -0.2) is 15.9 Å². The molecule has 0 saturated carbocycles. The molecule has 146 valence electrons. The third kappa shape index (κ3) is 3.20. The van der Waals surface area contributed by atoms with Crippen molar-refractivity contribution in [2.75, 3.05) is 16.4 Å². The maximum Gasteiger partial charge on any atom is 0.258 e. The van der Waals surface area contributed by atoms with Crippen molar-refractivity contribution in [3.8, 4) is 11.3 Å². The molecule has 2 heterocycles. The lowest BCUT2D eigenvalue weighted by Gasteiger charge is -2.15. The summed E-state index contributed by atoms with van der Waals surface area (Å²) >= 11 is 0. The molecule has 3 aromatic carbocycles. The number of nitrogens with two attached hydrogens (primary N) is 1. The maximum atomic E-state index is 12.8. The standard InChI is InChI=1S/C24H19N5O/c25-24-26-14-20(29-24)15-10-12-17(13-11-15)27-22(16-6-2-1-3-7-16)21-18-8-4-5-9-19(18)28-23(21)30/h1-14,27H,(H,28,30)(H3,25,26,29). The fourth-order valence-electron chi connectivity index (χ4n) is 3.60. The van der Waals surface area contributed by atoms with E-state index in [-0.39, 0.29) is 5.91 Å². The number of imidazole rings is 1. The van der Waals surface area contributed by atoms with Crippen molar-refractivity contribution in [1.82, 2.24) is 9.97 Å². The fourth-order valence-corrected chi connectivity index (χ4v) is 3.60. The number of H-pyrrole nitrogens is 1. The van der Waals surface area contributed by atoms with E-state index in [4.69, 9.17) is 5.73 Å². The topological polar surface area (TPSA) is 95.8 Å². The van der Waals surface area contributed by atoms with Crippen LogP contribution in [0.5, 0.6) is 0 Å². The number of nitrogens with one attached hydrogen (secondary N) is 3. The van der Waals surface area contributed by atoms with Crippen molar-refractivity contribution in [2.45, 2.75) is 0 Å². The predicted octanol–water partition coefficient (Wildman–Crippen LogP) is 4.59. The highest BCUT2D eigenvalue weighted by atomic mass is 16.2. The van der Waals surface area contributed by atoms with E-state index in [1.807, 2.05) is 78.9 Å². The minimum Gasteiger partial charge on any atom is -0.369 e. The summed E-state index contributed by atoms with van der Waals surface area (Å²) in [5, 5.41) is 6.41. The number of nitrogen functional groups attached to an aromatic ring is 1. The molecular formula is C24H19N5O. The summed E-state index contributed by atoms with van der Waals surface area (Å²) in [5.74, 6) is 0.264. The minimum atomic E-state index is -0.119. The van der Waals surface area contributed by atoms with Gasteiger partial charge < -0.3 is 21.4 Å². The summed E-state index contributed by atoms with van der Waals surface area (Å²) in [6.07, 6.45) is 1.77. The Hall–Kier alpha value is -4.32. The Labute approximate surface area is 173 Å². The second-order valence-electron chi connectivity index (χ2n) is 6.99. The summed E-state index contributed by atoms with van der Waals surface area (Å²) in [6.45, 7) is 0. The molecular weight excluding hydrogens is 374 g/mol. The van der Waals surface area contributed by atoms with Crippen LogP contribution < -0.4 is 16.4 Å². The lowest BCUT2D eigenvalue weighted by atomic mass is 10.00. The van der Waals surface area contributed by atoms with Gasteiger partial charge in [0.2, 0.25) is 0 Å². The Morgan fingerprint density at radius 3 is 2.37 bits per heavy atom. The van der Waals surface area contributed by atoms with Gasteiger partial charge in [0, 0.05) is 28.7 Å².